The van der Waals surface area contributed by atoms with Crippen LogP contribution in [0.15, 0.2) is 231 Å². The quantitative estimate of drug-likeness (QED) is 0.162. The van der Waals surface area contributed by atoms with E-state index in [1.165, 1.54) is 61.0 Å². The molecule has 0 saturated heterocycles. The van der Waals surface area contributed by atoms with Crippen LogP contribution in [0.2, 0.25) is 0 Å². The van der Waals surface area contributed by atoms with Gasteiger partial charge in [0.15, 0.2) is 5.82 Å². The van der Waals surface area contributed by atoms with Crippen molar-refractivity contribution in [1.29, 1.82) is 0 Å². The molecule has 0 amide bonds. The number of rotatable bonds is 7. The van der Waals surface area contributed by atoms with E-state index in [0.29, 0.717) is 5.82 Å². The predicted molar refractivity (Wildman–Crippen MR) is 244 cm³/mol. The topological polar surface area (TPSA) is 25.8 Å². The van der Waals surface area contributed by atoms with Gasteiger partial charge in [-0.3, -0.25) is 0 Å². The van der Waals surface area contributed by atoms with E-state index in [9.17, 15) is 0 Å². The number of nitrogens with zero attached hydrogens (tertiary/aromatic N) is 2. The van der Waals surface area contributed by atoms with Gasteiger partial charge in [0.05, 0.1) is 16.8 Å². The summed E-state index contributed by atoms with van der Waals surface area (Å²) in [6.45, 7) is 0. The van der Waals surface area contributed by atoms with Gasteiger partial charge in [-0.2, -0.15) is 0 Å². The monoisotopic (exact) mass is 750 g/mol. The molecule has 1 aliphatic carbocycles. The summed E-state index contributed by atoms with van der Waals surface area (Å²) in [6.07, 6.45) is 0. The summed E-state index contributed by atoms with van der Waals surface area (Å²) in [4.78, 5) is 10.3. The van der Waals surface area contributed by atoms with Gasteiger partial charge in [0, 0.05) is 16.7 Å². The molecule has 0 aliphatic heterocycles. The molecule has 0 atom stereocenters. The third-order valence-corrected chi connectivity index (χ3v) is 12.0. The minimum absolute atomic E-state index is 0.496. The zero-order valence-electron chi connectivity index (χ0n) is 32.3. The second kappa shape index (κ2) is 14.4. The van der Waals surface area contributed by atoms with Crippen LogP contribution in [0.4, 0.5) is 0 Å². The highest BCUT2D eigenvalue weighted by Gasteiger charge is 2.47. The van der Waals surface area contributed by atoms with E-state index in [0.717, 1.165) is 33.5 Å². The molecule has 2 nitrogen and oxygen atoms in total. The number of aromatic nitrogens is 2. The van der Waals surface area contributed by atoms with E-state index >= 15 is 0 Å². The molecule has 1 aromatic heterocycles. The second-order valence-corrected chi connectivity index (χ2v) is 15.2. The predicted octanol–water partition coefficient (Wildman–Crippen LogP) is 14.3. The summed E-state index contributed by atoms with van der Waals surface area (Å²) < 4.78 is 0. The van der Waals surface area contributed by atoms with E-state index in [1.807, 2.05) is 24.3 Å². The molecule has 2 heteroatoms. The Hall–Kier alpha value is -7.68. The van der Waals surface area contributed by atoms with Gasteiger partial charge >= 0.3 is 0 Å². The van der Waals surface area contributed by atoms with Gasteiger partial charge in [-0.05, 0) is 78.5 Å². The lowest BCUT2D eigenvalue weighted by Crippen LogP contribution is -2.29. The van der Waals surface area contributed by atoms with Crippen LogP contribution >= 0.6 is 0 Å². The summed E-state index contributed by atoms with van der Waals surface area (Å²) in [5.74, 6) is 0.711. The first-order chi connectivity index (χ1) is 29.3. The van der Waals surface area contributed by atoms with Gasteiger partial charge in [-0.15, -0.1) is 0 Å². The van der Waals surface area contributed by atoms with Crippen molar-refractivity contribution in [3.05, 3.63) is 253 Å². The molecule has 0 radical (unpaired) electrons. The van der Waals surface area contributed by atoms with Crippen molar-refractivity contribution in [3.8, 4) is 67.3 Å². The van der Waals surface area contributed by atoms with Crippen LogP contribution < -0.4 is 0 Å². The summed E-state index contributed by atoms with van der Waals surface area (Å²) in [6, 6.07) is 83.0. The van der Waals surface area contributed by atoms with Crippen molar-refractivity contribution in [3.63, 3.8) is 0 Å². The Morgan fingerprint density at radius 3 is 1.46 bits per heavy atom. The van der Waals surface area contributed by atoms with Gasteiger partial charge in [-0.25, -0.2) is 9.97 Å². The smallest absolute Gasteiger partial charge is 0.160 e. The normalized spacial score (nSPS) is 12.5. The molecule has 276 valence electrons. The van der Waals surface area contributed by atoms with Gasteiger partial charge in [0.2, 0.25) is 0 Å². The Balaban J connectivity index is 1.09. The molecule has 0 unspecified atom stereocenters. The summed E-state index contributed by atoms with van der Waals surface area (Å²) in [7, 11) is 0. The lowest BCUT2D eigenvalue weighted by Gasteiger charge is -2.35. The zero-order valence-corrected chi connectivity index (χ0v) is 32.3. The SMILES string of the molecule is c1ccc(-c2cc(-c3ccc(-c4cccc(-c5cccc6c5C(c5ccccc5)(c5ccccc5)c5ccccc5-6)c4)c4ccccc34)nc(-c3ccccc3)n2)cc1. The lowest BCUT2D eigenvalue weighted by atomic mass is 9.66. The molecule has 1 heterocycles. The summed E-state index contributed by atoms with van der Waals surface area (Å²) in [5.41, 5.74) is 16.9. The van der Waals surface area contributed by atoms with Gasteiger partial charge in [-0.1, -0.05) is 218 Å². The average molecular weight is 751 g/mol. The van der Waals surface area contributed by atoms with Crippen molar-refractivity contribution in [2.24, 2.45) is 0 Å². The van der Waals surface area contributed by atoms with E-state index in [2.05, 4.69) is 206 Å². The highest BCUT2D eigenvalue weighted by Crippen LogP contribution is 2.58. The summed E-state index contributed by atoms with van der Waals surface area (Å²) in [5, 5.41) is 2.33. The maximum absolute atomic E-state index is 5.21. The van der Waals surface area contributed by atoms with Crippen molar-refractivity contribution in [2.75, 3.05) is 0 Å². The minimum Gasteiger partial charge on any atom is -0.228 e. The first kappa shape index (κ1) is 34.6. The molecule has 9 aromatic carbocycles. The highest BCUT2D eigenvalue weighted by atomic mass is 14.9. The molecular formula is C57H38N2. The third-order valence-electron chi connectivity index (χ3n) is 12.0. The average Bonchev–Trinajstić information content (AvgIpc) is 3.63. The first-order valence-corrected chi connectivity index (χ1v) is 20.2. The van der Waals surface area contributed by atoms with Crippen molar-refractivity contribution in [1.82, 2.24) is 9.97 Å². The van der Waals surface area contributed by atoms with Crippen LogP contribution in [0, 0.1) is 0 Å². The Bertz CT molecular complexity index is 3040. The fourth-order valence-electron chi connectivity index (χ4n) is 9.43. The van der Waals surface area contributed by atoms with Crippen LogP contribution in [-0.2, 0) is 5.41 Å². The molecule has 0 bridgehead atoms. The van der Waals surface area contributed by atoms with Gasteiger partial charge in [0.1, 0.15) is 0 Å². The van der Waals surface area contributed by atoms with E-state index in [-0.39, 0.29) is 0 Å². The van der Waals surface area contributed by atoms with Gasteiger partial charge in [0.25, 0.3) is 0 Å². The Morgan fingerprint density at radius 1 is 0.288 bits per heavy atom. The Morgan fingerprint density at radius 2 is 0.763 bits per heavy atom. The maximum Gasteiger partial charge on any atom is 0.160 e. The van der Waals surface area contributed by atoms with Crippen LogP contribution in [0.3, 0.4) is 0 Å². The second-order valence-electron chi connectivity index (χ2n) is 15.2. The fourth-order valence-corrected chi connectivity index (χ4v) is 9.43. The molecule has 11 rings (SSSR count). The zero-order chi connectivity index (χ0) is 39.2. The number of benzene rings is 9. The molecule has 59 heavy (non-hydrogen) atoms. The fraction of sp³-hybridized carbons (Fsp3) is 0.0175. The van der Waals surface area contributed by atoms with Crippen molar-refractivity contribution >= 4 is 10.8 Å². The molecule has 0 fully saturated rings. The molecule has 0 N–H and O–H groups in total. The van der Waals surface area contributed by atoms with Crippen LogP contribution in [0.25, 0.3) is 78.1 Å². The third kappa shape index (κ3) is 5.72. The van der Waals surface area contributed by atoms with Gasteiger partial charge < -0.3 is 0 Å². The van der Waals surface area contributed by atoms with E-state index in [1.54, 1.807) is 0 Å². The Kier molecular flexibility index (Phi) is 8.41. The number of fused-ring (bicyclic) bond motifs is 4. The van der Waals surface area contributed by atoms with Crippen LogP contribution in [0.5, 0.6) is 0 Å². The molecule has 0 saturated carbocycles. The molecule has 0 spiro atoms. The van der Waals surface area contributed by atoms with Crippen LogP contribution in [0.1, 0.15) is 22.3 Å². The minimum atomic E-state index is -0.496. The highest BCUT2D eigenvalue weighted by molar-refractivity contribution is 6.05. The first-order valence-electron chi connectivity index (χ1n) is 20.2. The largest absolute Gasteiger partial charge is 0.228 e. The molecule has 1 aliphatic rings. The van der Waals surface area contributed by atoms with E-state index in [4.69, 9.17) is 9.97 Å². The number of hydrogen-bond donors (Lipinski definition) is 0. The lowest BCUT2D eigenvalue weighted by molar-refractivity contribution is 0.770. The summed E-state index contributed by atoms with van der Waals surface area (Å²) >= 11 is 0. The van der Waals surface area contributed by atoms with E-state index < -0.39 is 5.41 Å². The Labute approximate surface area is 344 Å². The standard InChI is InChI=1S/C57H38N2/c1-5-19-39(20-6-1)53-38-54(59-56(58-53)40-21-7-2-8-22-40)50-36-35-45(47-29-13-14-30-48(47)50)41-23-17-24-42(37-41)46-32-18-33-51-49-31-15-16-34-52(49)57(55(46)51,43-25-9-3-10-26-43)44-27-11-4-12-28-44/h1-38H. The van der Waals surface area contributed by atoms with Crippen molar-refractivity contribution < 1.29 is 0 Å². The van der Waals surface area contributed by atoms with Crippen molar-refractivity contribution in [2.45, 2.75) is 5.41 Å². The maximum atomic E-state index is 5.21. The van der Waals surface area contributed by atoms with Crippen LogP contribution in [-0.4, -0.2) is 9.97 Å². The molecule has 10 aromatic rings. The number of hydrogen-bond acceptors (Lipinski definition) is 2. The molecular weight excluding hydrogens is 713 g/mol.